The first-order valence-electron chi connectivity index (χ1n) is 18.3. The van der Waals surface area contributed by atoms with Gasteiger partial charge in [-0.2, -0.15) is 0 Å². The molecule has 0 spiro atoms. The zero-order valence-electron chi connectivity index (χ0n) is 30.2. The van der Waals surface area contributed by atoms with Gasteiger partial charge in [0.15, 0.2) is 0 Å². The van der Waals surface area contributed by atoms with Gasteiger partial charge in [0.25, 0.3) is 0 Å². The molecule has 1 heteroatoms. The van der Waals surface area contributed by atoms with Crippen LogP contribution in [-0.4, -0.2) is 0 Å². The minimum absolute atomic E-state index is 0.207. The van der Waals surface area contributed by atoms with Crippen LogP contribution in [0.5, 0.6) is 0 Å². The fraction of sp³-hybridized carbons (Fsp3) is 0. The Morgan fingerprint density at radius 1 is 0.362 bits per heavy atom. The van der Waals surface area contributed by atoms with E-state index in [9.17, 15) is 0 Å². The summed E-state index contributed by atoms with van der Waals surface area (Å²) in [4.78, 5) is 0. The highest BCUT2D eigenvalue weighted by molar-refractivity contribution is 6.26. The van der Waals surface area contributed by atoms with Gasteiger partial charge in [0.05, 0.1) is 6.85 Å². The van der Waals surface area contributed by atoms with Gasteiger partial charge in [-0.15, -0.1) is 0 Å². The van der Waals surface area contributed by atoms with Crippen LogP contribution in [0, 0.1) is 0 Å². The Hall–Kier alpha value is -6.18. The molecule has 0 atom stereocenters. The second-order valence-electron chi connectivity index (χ2n) is 12.0. The maximum Gasteiger partial charge on any atom is 0.136 e. The average Bonchev–Trinajstić information content (AvgIpc) is 3.58. The van der Waals surface area contributed by atoms with E-state index in [1.807, 2.05) is 42.5 Å². The van der Waals surface area contributed by atoms with E-state index in [1.54, 1.807) is 0 Å². The fourth-order valence-electron chi connectivity index (χ4n) is 7.64. The van der Waals surface area contributed by atoms with Gasteiger partial charge in [-0.1, -0.05) is 158 Å². The van der Waals surface area contributed by atoms with Crippen molar-refractivity contribution < 1.29 is 11.3 Å². The van der Waals surface area contributed by atoms with Gasteiger partial charge >= 0.3 is 0 Å². The van der Waals surface area contributed by atoms with Crippen LogP contribution in [0.1, 0.15) is 6.85 Å². The lowest BCUT2D eigenvalue weighted by molar-refractivity contribution is 0.669. The molecule has 1 aromatic heterocycles. The summed E-state index contributed by atoms with van der Waals surface area (Å²) in [6, 6.07) is 46.3. The van der Waals surface area contributed by atoms with E-state index < -0.39 is 6.04 Å². The normalized spacial score (nSPS) is 13.3. The molecule has 0 aliphatic carbocycles. The van der Waals surface area contributed by atoms with E-state index >= 15 is 0 Å². The standard InChI is InChI=1S/C46H28O/c1-2-14-30(15-3-1)43-37-17-6-8-19-39(37)44(40-20-9-7-18-38(40)43)35-24-11-21-32-33(35)22-10-23-34(32)36-25-12-26-41-46(36)45-31-16-5-4-13-29(31)27-28-42(45)47-41/h1-28H/i1D,2D,3D,14D,15D. The minimum Gasteiger partial charge on any atom is -0.456 e. The molecule has 0 bridgehead atoms. The Labute approximate surface area is 279 Å². The SMILES string of the molecule is [2H]c1c([2H])c([2H])c(-c2c3ccccc3c(-c3cccc4c(-c5cccc6oc7ccc8ccccc8c7c56)cccc34)c3ccccc23)c([2H])c1[2H]. The Balaban J connectivity index is 1.30. The topological polar surface area (TPSA) is 13.1 Å². The lowest BCUT2D eigenvalue weighted by Crippen LogP contribution is -1.92. The summed E-state index contributed by atoms with van der Waals surface area (Å²) in [5, 5.41) is 10.2. The van der Waals surface area contributed by atoms with Crippen molar-refractivity contribution in [3.8, 4) is 33.4 Å². The van der Waals surface area contributed by atoms with E-state index in [1.165, 1.54) is 5.39 Å². The third-order valence-corrected chi connectivity index (χ3v) is 9.55. The summed E-state index contributed by atoms with van der Waals surface area (Å²) >= 11 is 0. The smallest absolute Gasteiger partial charge is 0.136 e. The number of rotatable bonds is 3. The van der Waals surface area contributed by atoms with Crippen molar-refractivity contribution in [2.45, 2.75) is 0 Å². The molecule has 9 aromatic carbocycles. The molecule has 1 heterocycles. The van der Waals surface area contributed by atoms with Crippen LogP contribution in [0.4, 0.5) is 0 Å². The predicted octanol–water partition coefficient (Wildman–Crippen LogP) is 13.2. The zero-order chi connectivity index (χ0) is 35.2. The van der Waals surface area contributed by atoms with E-state index in [2.05, 4.69) is 97.1 Å². The average molecular weight is 602 g/mol. The zero-order valence-corrected chi connectivity index (χ0v) is 25.2. The minimum atomic E-state index is -0.400. The summed E-state index contributed by atoms with van der Waals surface area (Å²) in [6.45, 7) is 0. The molecule has 0 aliphatic heterocycles. The summed E-state index contributed by atoms with van der Waals surface area (Å²) in [6.07, 6.45) is 0. The van der Waals surface area contributed by atoms with Gasteiger partial charge in [-0.05, 0) is 88.6 Å². The largest absolute Gasteiger partial charge is 0.456 e. The van der Waals surface area contributed by atoms with Gasteiger partial charge < -0.3 is 4.42 Å². The first-order valence-corrected chi connectivity index (χ1v) is 15.8. The fourth-order valence-corrected chi connectivity index (χ4v) is 7.64. The highest BCUT2D eigenvalue weighted by Crippen LogP contribution is 2.47. The predicted molar refractivity (Wildman–Crippen MR) is 200 cm³/mol. The summed E-state index contributed by atoms with van der Waals surface area (Å²) in [7, 11) is 0. The molecule has 0 fully saturated rings. The van der Waals surface area contributed by atoms with E-state index in [-0.39, 0.29) is 29.7 Å². The molecular weight excluding hydrogens is 569 g/mol. The lowest BCUT2D eigenvalue weighted by Gasteiger charge is -2.19. The molecule has 10 aromatic rings. The molecular formula is C46H28O. The monoisotopic (exact) mass is 601 g/mol. The van der Waals surface area contributed by atoms with E-state index in [4.69, 9.17) is 11.3 Å². The Kier molecular flexibility index (Phi) is 4.66. The maximum atomic E-state index is 8.92. The molecule has 1 nitrogen and oxygen atoms in total. The van der Waals surface area contributed by atoms with Crippen LogP contribution >= 0.6 is 0 Å². The molecule has 0 amide bonds. The molecule has 0 N–H and O–H groups in total. The summed E-state index contributed by atoms with van der Waals surface area (Å²) in [5.74, 6) is 0. The maximum absolute atomic E-state index is 8.92. The third-order valence-electron chi connectivity index (χ3n) is 9.55. The molecule has 218 valence electrons. The second-order valence-corrected chi connectivity index (χ2v) is 12.0. The molecule has 0 radical (unpaired) electrons. The molecule has 0 unspecified atom stereocenters. The molecule has 47 heavy (non-hydrogen) atoms. The van der Waals surface area contributed by atoms with Crippen LogP contribution in [0.3, 0.4) is 0 Å². The van der Waals surface area contributed by atoms with Gasteiger partial charge in [-0.3, -0.25) is 0 Å². The van der Waals surface area contributed by atoms with Crippen LogP contribution in [0.15, 0.2) is 174 Å². The number of benzene rings is 9. The third kappa shape index (κ3) is 3.84. The molecule has 0 saturated heterocycles. The Morgan fingerprint density at radius 3 is 1.62 bits per heavy atom. The van der Waals surface area contributed by atoms with E-state index in [0.717, 1.165) is 81.9 Å². The van der Waals surface area contributed by atoms with Crippen molar-refractivity contribution in [2.75, 3.05) is 0 Å². The van der Waals surface area contributed by atoms with Crippen LogP contribution in [0.2, 0.25) is 0 Å². The Bertz CT molecular complexity index is 3050. The van der Waals surface area contributed by atoms with Crippen molar-refractivity contribution in [3.05, 3.63) is 170 Å². The van der Waals surface area contributed by atoms with Gasteiger partial charge in [-0.25, -0.2) is 0 Å². The number of fused-ring (bicyclic) bond motifs is 8. The Morgan fingerprint density at radius 2 is 0.894 bits per heavy atom. The van der Waals surface area contributed by atoms with Crippen LogP contribution in [0.25, 0.3) is 98.4 Å². The molecule has 0 saturated carbocycles. The van der Waals surface area contributed by atoms with Gasteiger partial charge in [0.2, 0.25) is 0 Å². The molecule has 10 rings (SSSR count). The highest BCUT2D eigenvalue weighted by atomic mass is 16.3. The number of furan rings is 1. The van der Waals surface area contributed by atoms with Crippen molar-refractivity contribution in [2.24, 2.45) is 0 Å². The second kappa shape index (κ2) is 10.2. The van der Waals surface area contributed by atoms with Crippen molar-refractivity contribution in [1.82, 2.24) is 0 Å². The number of hydrogen-bond acceptors (Lipinski definition) is 1. The van der Waals surface area contributed by atoms with Crippen molar-refractivity contribution >= 4 is 65.0 Å². The highest BCUT2D eigenvalue weighted by Gasteiger charge is 2.20. The first kappa shape index (κ1) is 21.5. The van der Waals surface area contributed by atoms with Crippen molar-refractivity contribution in [3.63, 3.8) is 0 Å². The summed E-state index contributed by atoms with van der Waals surface area (Å²) in [5.41, 5.74) is 6.83. The van der Waals surface area contributed by atoms with Gasteiger partial charge in [0, 0.05) is 10.8 Å². The first-order chi connectivity index (χ1) is 25.4. The van der Waals surface area contributed by atoms with Crippen LogP contribution < -0.4 is 0 Å². The number of hydrogen-bond donors (Lipinski definition) is 0. The van der Waals surface area contributed by atoms with E-state index in [0.29, 0.717) is 5.56 Å². The quantitative estimate of drug-likeness (QED) is 0.184. The van der Waals surface area contributed by atoms with Crippen LogP contribution in [-0.2, 0) is 0 Å². The molecule has 0 aliphatic rings. The summed E-state index contributed by atoms with van der Waals surface area (Å²) < 4.78 is 49.5. The lowest BCUT2D eigenvalue weighted by atomic mass is 9.84. The van der Waals surface area contributed by atoms with Gasteiger partial charge in [0.1, 0.15) is 11.2 Å². The van der Waals surface area contributed by atoms with Crippen molar-refractivity contribution in [1.29, 1.82) is 0 Å².